The molecule has 0 atom stereocenters. The molecule has 0 fully saturated rings. The number of amides is 1. The van der Waals surface area contributed by atoms with Gasteiger partial charge in [0.05, 0.1) is 11.1 Å². The molecule has 1 aromatic carbocycles. The van der Waals surface area contributed by atoms with Gasteiger partial charge in [0.25, 0.3) is 5.91 Å². The number of nitrogens with one attached hydrogen (secondary N) is 2. The van der Waals surface area contributed by atoms with E-state index in [0.29, 0.717) is 17.4 Å². The first kappa shape index (κ1) is 15.3. The van der Waals surface area contributed by atoms with E-state index in [1.54, 1.807) is 12.3 Å². The molecule has 0 saturated heterocycles. The zero-order chi connectivity index (χ0) is 15.5. The van der Waals surface area contributed by atoms with Gasteiger partial charge in [-0.05, 0) is 25.1 Å². The smallest absolute Gasteiger partial charge is 0.385 e. The predicted molar refractivity (Wildman–Crippen MR) is 75.7 cm³/mol. The molecule has 0 radical (unpaired) electrons. The van der Waals surface area contributed by atoms with E-state index in [1.165, 1.54) is 23.6 Å². The molecule has 1 aromatic heterocycles. The number of carbonyl (C=O) groups is 1. The van der Waals surface area contributed by atoms with Crippen LogP contribution in [0.1, 0.15) is 22.8 Å². The fraction of sp³-hybridized carbons (Fsp3) is 0.231. The van der Waals surface area contributed by atoms with Crippen molar-refractivity contribution in [2.75, 3.05) is 17.2 Å². The molecule has 8 heteroatoms. The van der Waals surface area contributed by atoms with Crippen LogP contribution in [0.4, 0.5) is 24.0 Å². The summed E-state index contributed by atoms with van der Waals surface area (Å²) in [6, 6.07) is 3.03. The van der Waals surface area contributed by atoms with Crippen molar-refractivity contribution >= 4 is 28.1 Å². The normalized spacial score (nSPS) is 11.2. The molecule has 1 amide bonds. The number of aromatic nitrogens is 1. The monoisotopic (exact) mass is 315 g/mol. The average molecular weight is 315 g/mol. The Kier molecular flexibility index (Phi) is 4.46. The number of halogens is 3. The number of carbonyl (C=O) groups excluding carboxylic acids is 1. The lowest BCUT2D eigenvalue weighted by atomic mass is 10.1. The number of hydrogen-bond donors (Lipinski definition) is 2. The number of rotatable bonds is 4. The summed E-state index contributed by atoms with van der Waals surface area (Å²) >= 11 is 1.19. The molecule has 2 N–H and O–H groups in total. The maximum Gasteiger partial charge on any atom is 0.416 e. The minimum absolute atomic E-state index is 0.0677. The number of anilines is 2. The van der Waals surface area contributed by atoms with Gasteiger partial charge < -0.3 is 5.32 Å². The van der Waals surface area contributed by atoms with Gasteiger partial charge in [0.1, 0.15) is 0 Å². The molecule has 4 nitrogen and oxygen atoms in total. The minimum Gasteiger partial charge on any atom is -0.385 e. The number of nitrogens with zero attached hydrogens (tertiary/aromatic N) is 1. The zero-order valence-electron chi connectivity index (χ0n) is 11.0. The van der Waals surface area contributed by atoms with Crippen LogP contribution in [-0.2, 0) is 6.18 Å². The summed E-state index contributed by atoms with van der Waals surface area (Å²) in [6.07, 6.45) is -3.00. The highest BCUT2D eigenvalue weighted by atomic mass is 32.1. The van der Waals surface area contributed by atoms with Crippen LogP contribution in [-0.4, -0.2) is 17.4 Å². The summed E-state index contributed by atoms with van der Waals surface area (Å²) in [4.78, 5) is 16.0. The Morgan fingerprint density at radius 2 is 2.14 bits per heavy atom. The Bertz CT molecular complexity index is 626. The van der Waals surface area contributed by atoms with E-state index in [2.05, 4.69) is 15.6 Å². The minimum atomic E-state index is -4.50. The van der Waals surface area contributed by atoms with Gasteiger partial charge in [0.2, 0.25) is 0 Å². The molecule has 0 spiro atoms. The Morgan fingerprint density at radius 3 is 2.71 bits per heavy atom. The number of benzene rings is 1. The van der Waals surface area contributed by atoms with Crippen LogP contribution in [0.3, 0.4) is 0 Å². The van der Waals surface area contributed by atoms with Crippen LogP contribution in [0.25, 0.3) is 0 Å². The highest BCUT2D eigenvalue weighted by molar-refractivity contribution is 7.13. The lowest BCUT2D eigenvalue weighted by Gasteiger charge is -2.13. The summed E-state index contributed by atoms with van der Waals surface area (Å²) in [5, 5.41) is 7.34. The van der Waals surface area contributed by atoms with Gasteiger partial charge >= 0.3 is 6.18 Å². The highest BCUT2D eigenvalue weighted by Crippen LogP contribution is 2.32. The third kappa shape index (κ3) is 3.72. The van der Waals surface area contributed by atoms with Gasteiger partial charge in [-0.2, -0.15) is 13.2 Å². The van der Waals surface area contributed by atoms with Gasteiger partial charge in [-0.25, -0.2) is 4.98 Å². The highest BCUT2D eigenvalue weighted by Gasteiger charge is 2.31. The number of thiazole rings is 1. The standard InChI is InChI=1S/C13H12F3N3OS/c1-2-17-10-4-3-8(13(14,15)16)7-9(10)11(20)19-12-18-5-6-21-12/h3-7,17H,2H2,1H3,(H,18,19,20). The van der Waals surface area contributed by atoms with E-state index in [-0.39, 0.29) is 5.56 Å². The van der Waals surface area contributed by atoms with Crippen LogP contribution in [0.5, 0.6) is 0 Å². The van der Waals surface area contributed by atoms with E-state index >= 15 is 0 Å². The fourth-order valence-corrected chi connectivity index (χ4v) is 2.23. The summed E-state index contributed by atoms with van der Waals surface area (Å²) in [6.45, 7) is 2.28. The molecule has 0 bridgehead atoms. The Morgan fingerprint density at radius 1 is 1.38 bits per heavy atom. The lowest BCUT2D eigenvalue weighted by molar-refractivity contribution is -0.137. The van der Waals surface area contributed by atoms with Crippen molar-refractivity contribution in [3.05, 3.63) is 40.9 Å². The topological polar surface area (TPSA) is 54.0 Å². The fourth-order valence-electron chi connectivity index (χ4n) is 1.70. The maximum absolute atomic E-state index is 12.8. The third-order valence-corrected chi connectivity index (χ3v) is 3.30. The van der Waals surface area contributed by atoms with Crippen molar-refractivity contribution in [3.8, 4) is 0 Å². The molecule has 0 aliphatic carbocycles. The Balaban J connectivity index is 2.35. The third-order valence-electron chi connectivity index (χ3n) is 2.61. The van der Waals surface area contributed by atoms with Crippen molar-refractivity contribution in [3.63, 3.8) is 0 Å². The van der Waals surface area contributed by atoms with Crippen molar-refractivity contribution in [2.45, 2.75) is 13.1 Å². The Hall–Kier alpha value is -2.09. The first-order valence-electron chi connectivity index (χ1n) is 6.07. The molecule has 0 saturated carbocycles. The largest absolute Gasteiger partial charge is 0.416 e. The lowest BCUT2D eigenvalue weighted by Crippen LogP contribution is -2.16. The molecule has 2 aromatic rings. The van der Waals surface area contributed by atoms with Crippen LogP contribution < -0.4 is 10.6 Å². The second-order valence-corrected chi connectivity index (χ2v) is 4.97. The van der Waals surface area contributed by atoms with E-state index in [0.717, 1.165) is 12.1 Å². The molecule has 1 heterocycles. The molecule has 0 unspecified atom stereocenters. The van der Waals surface area contributed by atoms with E-state index < -0.39 is 17.6 Å². The predicted octanol–water partition coefficient (Wildman–Crippen LogP) is 3.85. The van der Waals surface area contributed by atoms with Crippen molar-refractivity contribution in [1.29, 1.82) is 0 Å². The van der Waals surface area contributed by atoms with Gasteiger partial charge in [0, 0.05) is 23.8 Å². The first-order chi connectivity index (χ1) is 9.91. The molecular formula is C13H12F3N3OS. The van der Waals surface area contributed by atoms with Gasteiger partial charge in [-0.15, -0.1) is 11.3 Å². The van der Waals surface area contributed by atoms with Crippen LogP contribution in [0.2, 0.25) is 0 Å². The van der Waals surface area contributed by atoms with E-state index in [1.807, 2.05) is 0 Å². The molecule has 112 valence electrons. The number of hydrogen-bond acceptors (Lipinski definition) is 4. The number of alkyl halides is 3. The summed E-state index contributed by atoms with van der Waals surface area (Å²) in [5.74, 6) is -0.632. The summed E-state index contributed by atoms with van der Waals surface area (Å²) < 4.78 is 38.3. The Labute approximate surface area is 123 Å². The van der Waals surface area contributed by atoms with Crippen LogP contribution in [0.15, 0.2) is 29.8 Å². The molecular weight excluding hydrogens is 303 g/mol. The van der Waals surface area contributed by atoms with Crippen molar-refractivity contribution in [1.82, 2.24) is 4.98 Å². The van der Waals surface area contributed by atoms with Gasteiger partial charge in [-0.1, -0.05) is 0 Å². The molecule has 0 aliphatic rings. The van der Waals surface area contributed by atoms with Crippen LogP contribution >= 0.6 is 11.3 Å². The SMILES string of the molecule is CCNc1ccc(C(F)(F)F)cc1C(=O)Nc1nccs1. The maximum atomic E-state index is 12.8. The summed E-state index contributed by atoms with van der Waals surface area (Å²) in [7, 11) is 0. The van der Waals surface area contributed by atoms with Gasteiger partial charge in [0.15, 0.2) is 5.13 Å². The summed E-state index contributed by atoms with van der Waals surface area (Å²) in [5.41, 5.74) is -0.588. The quantitative estimate of drug-likeness (QED) is 0.901. The van der Waals surface area contributed by atoms with Crippen LogP contribution in [0, 0.1) is 0 Å². The van der Waals surface area contributed by atoms with E-state index in [9.17, 15) is 18.0 Å². The second kappa shape index (κ2) is 6.13. The zero-order valence-corrected chi connectivity index (χ0v) is 11.8. The van der Waals surface area contributed by atoms with Crippen molar-refractivity contribution < 1.29 is 18.0 Å². The van der Waals surface area contributed by atoms with E-state index in [4.69, 9.17) is 0 Å². The molecule has 2 rings (SSSR count). The second-order valence-electron chi connectivity index (χ2n) is 4.08. The average Bonchev–Trinajstić information content (AvgIpc) is 2.91. The van der Waals surface area contributed by atoms with Crippen molar-refractivity contribution in [2.24, 2.45) is 0 Å². The molecule has 21 heavy (non-hydrogen) atoms. The van der Waals surface area contributed by atoms with Gasteiger partial charge in [-0.3, -0.25) is 10.1 Å². The first-order valence-corrected chi connectivity index (χ1v) is 6.95. The molecule has 0 aliphatic heterocycles.